The molecule has 2 rings (SSSR count). The van der Waals surface area contributed by atoms with Crippen LogP contribution in [0.4, 0.5) is 0 Å². The predicted octanol–water partition coefficient (Wildman–Crippen LogP) is 0.212. The number of rotatable bonds is 7. The van der Waals surface area contributed by atoms with Crippen molar-refractivity contribution < 1.29 is 38.8 Å². The number of hydrogen-bond donors (Lipinski definition) is 3. The molecule has 0 atom stereocenters. The van der Waals surface area contributed by atoms with Gasteiger partial charge in [0.05, 0.1) is 6.61 Å². The molecule has 0 aliphatic heterocycles. The van der Waals surface area contributed by atoms with Gasteiger partial charge in [-0.1, -0.05) is 0 Å². The first-order valence-corrected chi connectivity index (χ1v) is 6.31. The standard InChI is InChI=1S/C14H12O9/c15-4-7-1-14(20)23-9-3-11(22-6-13(18)19)10(2-8(7)9)21-5-12(16)17/h1-3,15H,4-6H2,(H,16,17)(H,18,19). The third-order valence-corrected chi connectivity index (χ3v) is 2.77. The van der Waals surface area contributed by atoms with Crippen LogP contribution in [0.15, 0.2) is 27.4 Å². The number of fused-ring (bicyclic) bond motifs is 1. The molecule has 122 valence electrons. The highest BCUT2D eigenvalue weighted by Crippen LogP contribution is 2.33. The summed E-state index contributed by atoms with van der Waals surface area (Å²) in [5.74, 6) is -2.64. The van der Waals surface area contributed by atoms with Crippen molar-refractivity contribution in [2.75, 3.05) is 13.2 Å². The zero-order valence-electron chi connectivity index (χ0n) is 11.6. The lowest BCUT2D eigenvalue weighted by Crippen LogP contribution is -2.13. The summed E-state index contributed by atoms with van der Waals surface area (Å²) < 4.78 is 15.0. The number of carboxylic acid groups (broad SMARTS) is 2. The Labute approximate surface area is 128 Å². The molecule has 0 saturated carbocycles. The molecule has 23 heavy (non-hydrogen) atoms. The molecule has 0 unspecified atom stereocenters. The summed E-state index contributed by atoms with van der Waals surface area (Å²) in [6.07, 6.45) is 0. The molecule has 0 saturated heterocycles. The summed E-state index contributed by atoms with van der Waals surface area (Å²) in [6.45, 7) is -1.82. The van der Waals surface area contributed by atoms with Crippen LogP contribution in [0.1, 0.15) is 5.56 Å². The van der Waals surface area contributed by atoms with Gasteiger partial charge in [0.1, 0.15) is 5.58 Å². The average Bonchev–Trinajstić information content (AvgIpc) is 2.49. The van der Waals surface area contributed by atoms with Crippen LogP contribution in [0.5, 0.6) is 11.5 Å². The number of aliphatic carboxylic acids is 2. The van der Waals surface area contributed by atoms with Gasteiger partial charge in [-0.2, -0.15) is 0 Å². The number of carboxylic acids is 2. The van der Waals surface area contributed by atoms with Crippen LogP contribution in [0.3, 0.4) is 0 Å². The molecule has 2 aromatic rings. The lowest BCUT2D eigenvalue weighted by molar-refractivity contribution is -0.140. The van der Waals surface area contributed by atoms with Gasteiger partial charge in [-0.3, -0.25) is 0 Å². The molecule has 1 heterocycles. The third-order valence-electron chi connectivity index (χ3n) is 2.77. The first kappa shape index (κ1) is 16.3. The van der Waals surface area contributed by atoms with Crippen molar-refractivity contribution in [2.24, 2.45) is 0 Å². The predicted molar refractivity (Wildman–Crippen MR) is 74.7 cm³/mol. The van der Waals surface area contributed by atoms with Crippen molar-refractivity contribution in [3.05, 3.63) is 34.2 Å². The van der Waals surface area contributed by atoms with Gasteiger partial charge < -0.3 is 29.2 Å². The second kappa shape index (κ2) is 6.79. The molecule has 9 heteroatoms. The second-order valence-electron chi connectivity index (χ2n) is 4.41. The van der Waals surface area contributed by atoms with E-state index in [1.807, 2.05) is 0 Å². The summed E-state index contributed by atoms with van der Waals surface area (Å²) in [5.41, 5.74) is -0.407. The van der Waals surface area contributed by atoms with Crippen LogP contribution >= 0.6 is 0 Å². The van der Waals surface area contributed by atoms with E-state index in [-0.39, 0.29) is 22.6 Å². The summed E-state index contributed by atoms with van der Waals surface area (Å²) >= 11 is 0. The van der Waals surface area contributed by atoms with Crippen LogP contribution in [0, 0.1) is 0 Å². The number of aliphatic hydroxyl groups excluding tert-OH is 1. The largest absolute Gasteiger partial charge is 0.479 e. The van der Waals surface area contributed by atoms with E-state index >= 15 is 0 Å². The van der Waals surface area contributed by atoms with Crippen molar-refractivity contribution in [3.8, 4) is 11.5 Å². The molecule has 0 bridgehead atoms. The maximum absolute atomic E-state index is 11.4. The van der Waals surface area contributed by atoms with E-state index in [0.717, 1.165) is 6.07 Å². The number of aliphatic hydroxyl groups is 1. The zero-order chi connectivity index (χ0) is 17.0. The fourth-order valence-electron chi connectivity index (χ4n) is 1.87. The Hall–Kier alpha value is -3.07. The minimum atomic E-state index is -1.25. The third kappa shape index (κ3) is 3.98. The Kier molecular flexibility index (Phi) is 4.82. The smallest absolute Gasteiger partial charge is 0.341 e. The van der Waals surface area contributed by atoms with Crippen molar-refractivity contribution in [2.45, 2.75) is 6.61 Å². The molecule has 0 fully saturated rings. The highest BCUT2D eigenvalue weighted by atomic mass is 16.5. The quantitative estimate of drug-likeness (QED) is 0.609. The van der Waals surface area contributed by atoms with E-state index in [4.69, 9.17) is 24.1 Å². The Balaban J connectivity index is 2.54. The second-order valence-corrected chi connectivity index (χ2v) is 4.41. The number of benzene rings is 1. The van der Waals surface area contributed by atoms with Crippen molar-refractivity contribution >= 4 is 22.9 Å². The minimum absolute atomic E-state index is 0.0459. The van der Waals surface area contributed by atoms with Crippen molar-refractivity contribution in [1.29, 1.82) is 0 Å². The van der Waals surface area contributed by atoms with Crippen LogP contribution in [0.25, 0.3) is 11.0 Å². The van der Waals surface area contributed by atoms with E-state index in [9.17, 15) is 19.5 Å². The van der Waals surface area contributed by atoms with Gasteiger partial charge in [-0.15, -0.1) is 0 Å². The highest BCUT2D eigenvalue weighted by Gasteiger charge is 2.15. The topological polar surface area (TPSA) is 144 Å². The average molecular weight is 324 g/mol. The van der Waals surface area contributed by atoms with E-state index in [1.54, 1.807) is 0 Å². The van der Waals surface area contributed by atoms with Crippen LogP contribution in [-0.2, 0) is 16.2 Å². The monoisotopic (exact) mass is 324 g/mol. The Morgan fingerprint density at radius 1 is 1.00 bits per heavy atom. The number of carbonyl (C=O) groups is 2. The van der Waals surface area contributed by atoms with Gasteiger partial charge in [-0.25, -0.2) is 14.4 Å². The maximum atomic E-state index is 11.4. The van der Waals surface area contributed by atoms with Gasteiger partial charge in [0.2, 0.25) is 0 Å². The molecule has 0 radical (unpaired) electrons. The number of hydrogen-bond acceptors (Lipinski definition) is 7. The van der Waals surface area contributed by atoms with E-state index in [2.05, 4.69) is 0 Å². The van der Waals surface area contributed by atoms with Crippen molar-refractivity contribution in [3.63, 3.8) is 0 Å². The first-order chi connectivity index (χ1) is 10.9. The normalized spacial score (nSPS) is 10.5. The summed E-state index contributed by atoms with van der Waals surface area (Å²) in [7, 11) is 0. The lowest BCUT2D eigenvalue weighted by Gasteiger charge is -2.12. The van der Waals surface area contributed by atoms with E-state index < -0.39 is 37.4 Å². The molecule has 0 aliphatic carbocycles. The molecule has 0 spiro atoms. The summed E-state index contributed by atoms with van der Waals surface area (Å²) in [4.78, 5) is 32.6. The Bertz CT molecular complexity index is 806. The highest BCUT2D eigenvalue weighted by molar-refractivity contribution is 5.84. The molecule has 0 amide bonds. The van der Waals surface area contributed by atoms with Crippen LogP contribution in [0.2, 0.25) is 0 Å². The maximum Gasteiger partial charge on any atom is 0.341 e. The Morgan fingerprint density at radius 2 is 1.57 bits per heavy atom. The Morgan fingerprint density at radius 3 is 2.09 bits per heavy atom. The fraction of sp³-hybridized carbons (Fsp3) is 0.214. The molecular formula is C14H12O9. The SMILES string of the molecule is O=C(O)COc1cc2oc(=O)cc(CO)c2cc1OCC(=O)O. The van der Waals surface area contributed by atoms with Crippen LogP contribution in [-0.4, -0.2) is 40.5 Å². The summed E-state index contributed by atoms with van der Waals surface area (Å²) in [6, 6.07) is 3.60. The molecule has 0 aliphatic rings. The van der Waals surface area contributed by atoms with Gasteiger partial charge in [0.15, 0.2) is 24.7 Å². The zero-order valence-corrected chi connectivity index (χ0v) is 11.6. The van der Waals surface area contributed by atoms with E-state index in [1.165, 1.54) is 12.1 Å². The van der Waals surface area contributed by atoms with Gasteiger partial charge in [0.25, 0.3) is 0 Å². The van der Waals surface area contributed by atoms with Gasteiger partial charge in [-0.05, 0) is 11.6 Å². The molecular weight excluding hydrogens is 312 g/mol. The van der Waals surface area contributed by atoms with Gasteiger partial charge >= 0.3 is 17.6 Å². The summed E-state index contributed by atoms with van der Waals surface area (Å²) in [5, 5.41) is 26.9. The fourth-order valence-corrected chi connectivity index (χ4v) is 1.87. The van der Waals surface area contributed by atoms with Gasteiger partial charge in [0, 0.05) is 17.5 Å². The molecule has 3 N–H and O–H groups in total. The lowest BCUT2D eigenvalue weighted by atomic mass is 10.1. The molecule has 1 aromatic carbocycles. The minimum Gasteiger partial charge on any atom is -0.479 e. The first-order valence-electron chi connectivity index (χ1n) is 6.31. The van der Waals surface area contributed by atoms with Crippen molar-refractivity contribution in [1.82, 2.24) is 0 Å². The van der Waals surface area contributed by atoms with Crippen LogP contribution < -0.4 is 15.1 Å². The van der Waals surface area contributed by atoms with E-state index in [0.29, 0.717) is 5.39 Å². The number of ether oxygens (including phenoxy) is 2. The molecule has 9 nitrogen and oxygen atoms in total. The molecule has 1 aromatic heterocycles.